The highest BCUT2D eigenvalue weighted by molar-refractivity contribution is 6.89. The van der Waals surface area contributed by atoms with Gasteiger partial charge in [0.2, 0.25) is 5.88 Å². The lowest BCUT2D eigenvalue weighted by Crippen LogP contribution is -2.40. The van der Waals surface area contributed by atoms with Gasteiger partial charge in [-0.2, -0.15) is 4.98 Å². The lowest BCUT2D eigenvalue weighted by Gasteiger charge is -2.19. The van der Waals surface area contributed by atoms with Gasteiger partial charge in [0, 0.05) is 25.6 Å². The minimum atomic E-state index is -1.57. The number of nitrogens with zero attached hydrogens (tertiary/aromatic N) is 2. The van der Waals surface area contributed by atoms with E-state index in [1.165, 1.54) is 0 Å². The van der Waals surface area contributed by atoms with Crippen LogP contribution in [0, 0.1) is 0 Å². The number of ether oxygens (including phenoxy) is 4. The second-order valence-corrected chi connectivity index (χ2v) is 10.3. The van der Waals surface area contributed by atoms with Crippen LogP contribution in [0.1, 0.15) is 0 Å². The van der Waals surface area contributed by atoms with Crippen molar-refractivity contribution in [1.82, 2.24) is 9.97 Å². The van der Waals surface area contributed by atoms with E-state index in [9.17, 15) is 0 Å². The average Bonchev–Trinajstić information content (AvgIpc) is 2.38. The van der Waals surface area contributed by atoms with Gasteiger partial charge in [-0.05, 0) is 0 Å². The Morgan fingerprint density at radius 2 is 1.55 bits per heavy atom. The fraction of sp³-hybridized carbons (Fsp3) is 0.692. The summed E-state index contributed by atoms with van der Waals surface area (Å²) < 4.78 is 21.0. The molecule has 0 radical (unpaired) electrons. The summed E-state index contributed by atoms with van der Waals surface area (Å²) in [5.74, 6) is 0.601. The molecule has 0 fully saturated rings. The SMILES string of the molecule is COCCOc1ncc([Si](C)(C)C)c(OCCOC)n1. The van der Waals surface area contributed by atoms with Crippen molar-refractivity contribution in [3.63, 3.8) is 0 Å². The predicted octanol–water partition coefficient (Wildman–Crippen LogP) is 1.07. The highest BCUT2D eigenvalue weighted by atomic mass is 28.3. The van der Waals surface area contributed by atoms with Gasteiger partial charge in [0.25, 0.3) is 0 Å². The van der Waals surface area contributed by atoms with Gasteiger partial charge in [0.05, 0.1) is 21.3 Å². The molecule has 0 aliphatic carbocycles. The maximum absolute atomic E-state index is 5.70. The van der Waals surface area contributed by atoms with E-state index < -0.39 is 8.07 Å². The molecule has 1 heterocycles. The summed E-state index contributed by atoms with van der Waals surface area (Å²) in [6.07, 6.45) is 1.81. The summed E-state index contributed by atoms with van der Waals surface area (Å²) in [5, 5.41) is 1.08. The summed E-state index contributed by atoms with van der Waals surface area (Å²) in [7, 11) is 1.69. The van der Waals surface area contributed by atoms with Gasteiger partial charge in [0.1, 0.15) is 13.2 Å². The molecule has 0 saturated carbocycles. The molecule has 0 bridgehead atoms. The third-order valence-corrected chi connectivity index (χ3v) is 4.54. The second kappa shape index (κ2) is 8.18. The fourth-order valence-electron chi connectivity index (χ4n) is 1.48. The zero-order valence-electron chi connectivity index (χ0n) is 12.9. The summed E-state index contributed by atoms with van der Waals surface area (Å²) >= 11 is 0. The molecule has 0 atom stereocenters. The Bertz CT molecular complexity index is 410. The van der Waals surface area contributed by atoms with E-state index in [4.69, 9.17) is 18.9 Å². The van der Waals surface area contributed by atoms with Crippen molar-refractivity contribution in [2.24, 2.45) is 0 Å². The van der Waals surface area contributed by atoms with E-state index in [1.54, 1.807) is 14.2 Å². The number of hydrogen-bond donors (Lipinski definition) is 0. The molecule has 114 valence electrons. The molecule has 7 heteroatoms. The first-order valence-corrected chi connectivity index (χ1v) is 10.1. The van der Waals surface area contributed by atoms with Gasteiger partial charge in [0.15, 0.2) is 0 Å². The number of aromatic nitrogens is 2. The molecule has 0 N–H and O–H groups in total. The van der Waals surface area contributed by atoms with Crippen molar-refractivity contribution >= 4 is 13.3 Å². The van der Waals surface area contributed by atoms with Crippen LogP contribution in [0.5, 0.6) is 11.9 Å². The molecule has 1 aromatic heterocycles. The summed E-state index contributed by atoms with van der Waals surface area (Å²) in [4.78, 5) is 8.59. The molecule has 20 heavy (non-hydrogen) atoms. The van der Waals surface area contributed by atoms with E-state index in [-0.39, 0.29) is 0 Å². The molecule has 0 aliphatic heterocycles. The number of rotatable bonds is 9. The Morgan fingerprint density at radius 3 is 2.10 bits per heavy atom. The molecule has 0 unspecified atom stereocenters. The molecule has 0 spiro atoms. The first-order chi connectivity index (χ1) is 9.49. The van der Waals surface area contributed by atoms with Crippen molar-refractivity contribution in [3.05, 3.63) is 6.20 Å². The van der Waals surface area contributed by atoms with Gasteiger partial charge >= 0.3 is 6.01 Å². The first-order valence-electron chi connectivity index (χ1n) is 6.60. The van der Waals surface area contributed by atoms with E-state index in [0.29, 0.717) is 38.3 Å². The van der Waals surface area contributed by atoms with Crippen molar-refractivity contribution in [2.45, 2.75) is 19.6 Å². The Kier molecular flexibility index (Phi) is 6.90. The third kappa shape index (κ3) is 5.44. The minimum absolute atomic E-state index is 0.316. The summed E-state index contributed by atoms with van der Waals surface area (Å²) in [6, 6.07) is 0.316. The van der Waals surface area contributed by atoms with E-state index in [2.05, 4.69) is 29.6 Å². The lowest BCUT2D eigenvalue weighted by molar-refractivity contribution is 0.135. The summed E-state index contributed by atoms with van der Waals surface area (Å²) in [5.41, 5.74) is 0. The highest BCUT2D eigenvalue weighted by Gasteiger charge is 2.24. The maximum atomic E-state index is 5.70. The van der Waals surface area contributed by atoms with Crippen molar-refractivity contribution in [1.29, 1.82) is 0 Å². The van der Waals surface area contributed by atoms with E-state index in [1.807, 2.05) is 6.20 Å². The van der Waals surface area contributed by atoms with Gasteiger partial charge in [-0.3, -0.25) is 0 Å². The third-order valence-electron chi connectivity index (χ3n) is 2.58. The van der Waals surface area contributed by atoms with Crippen molar-refractivity contribution in [3.8, 4) is 11.9 Å². The Hall–Kier alpha value is -1.18. The normalized spacial score (nSPS) is 11.4. The van der Waals surface area contributed by atoms with Crippen LogP contribution in [0.2, 0.25) is 19.6 Å². The van der Waals surface area contributed by atoms with Crippen molar-refractivity contribution < 1.29 is 18.9 Å². The van der Waals surface area contributed by atoms with E-state index in [0.717, 1.165) is 5.19 Å². The van der Waals surface area contributed by atoms with Gasteiger partial charge in [-0.15, -0.1) is 0 Å². The van der Waals surface area contributed by atoms with Crippen LogP contribution in [-0.4, -0.2) is 58.7 Å². The van der Waals surface area contributed by atoms with Gasteiger partial charge in [-0.1, -0.05) is 19.6 Å². The van der Waals surface area contributed by atoms with E-state index >= 15 is 0 Å². The standard InChI is InChI=1S/C13H24N2O4Si/c1-16-6-8-18-12-11(20(3,4)5)10-14-13(15-12)19-9-7-17-2/h10H,6-9H2,1-5H3. The van der Waals surface area contributed by atoms with Crippen molar-refractivity contribution in [2.75, 3.05) is 40.6 Å². The number of methoxy groups -OCH3 is 2. The highest BCUT2D eigenvalue weighted by Crippen LogP contribution is 2.14. The maximum Gasteiger partial charge on any atom is 0.319 e. The topological polar surface area (TPSA) is 62.7 Å². The minimum Gasteiger partial charge on any atom is -0.475 e. The Labute approximate surface area is 121 Å². The lowest BCUT2D eigenvalue weighted by atomic mass is 10.6. The van der Waals surface area contributed by atoms with Crippen LogP contribution >= 0.6 is 0 Å². The Balaban J connectivity index is 2.84. The molecule has 0 saturated heterocycles. The monoisotopic (exact) mass is 300 g/mol. The quantitative estimate of drug-likeness (QED) is 0.502. The van der Waals surface area contributed by atoms with Crippen LogP contribution in [0.4, 0.5) is 0 Å². The van der Waals surface area contributed by atoms with Crippen LogP contribution in [0.3, 0.4) is 0 Å². The Morgan fingerprint density at radius 1 is 0.950 bits per heavy atom. The molecule has 1 rings (SSSR count). The molecule has 0 amide bonds. The predicted molar refractivity (Wildman–Crippen MR) is 79.8 cm³/mol. The first kappa shape index (κ1) is 16.9. The van der Waals surface area contributed by atoms with Gasteiger partial charge < -0.3 is 18.9 Å². The molecule has 1 aromatic rings. The second-order valence-electron chi connectivity index (χ2n) is 5.30. The van der Waals surface area contributed by atoms with Crippen LogP contribution < -0.4 is 14.7 Å². The summed E-state index contributed by atoms with van der Waals surface area (Å²) in [6.45, 7) is 8.57. The van der Waals surface area contributed by atoms with Gasteiger partial charge in [-0.25, -0.2) is 4.98 Å². The fourth-order valence-corrected chi connectivity index (χ4v) is 2.70. The molecule has 6 nitrogen and oxygen atoms in total. The molecular weight excluding hydrogens is 276 g/mol. The van der Waals surface area contributed by atoms with Crippen LogP contribution in [-0.2, 0) is 9.47 Å². The number of hydrogen-bond acceptors (Lipinski definition) is 6. The van der Waals surface area contributed by atoms with Crippen LogP contribution in [0.15, 0.2) is 6.20 Å². The smallest absolute Gasteiger partial charge is 0.319 e. The average molecular weight is 300 g/mol. The zero-order valence-corrected chi connectivity index (χ0v) is 13.9. The zero-order chi connectivity index (χ0) is 15.0. The largest absolute Gasteiger partial charge is 0.475 e. The van der Waals surface area contributed by atoms with Crippen LogP contribution in [0.25, 0.3) is 0 Å². The molecule has 0 aromatic carbocycles. The molecular formula is C13H24N2O4Si. The molecule has 0 aliphatic rings.